The van der Waals surface area contributed by atoms with E-state index in [2.05, 4.69) is 41.0 Å². The minimum Gasteiger partial charge on any atom is -0.444 e. The Morgan fingerprint density at radius 3 is 2.25 bits per heavy atom. The third kappa shape index (κ3) is 6.50. The number of hydrogen-bond acceptors (Lipinski definition) is 7. The lowest BCUT2D eigenvalue weighted by atomic mass is 10.1. The van der Waals surface area contributed by atoms with E-state index in [0.717, 1.165) is 18.5 Å². The van der Waals surface area contributed by atoms with Crippen molar-refractivity contribution >= 4 is 58.0 Å². The summed E-state index contributed by atoms with van der Waals surface area (Å²) in [5, 5.41) is 7.74. The van der Waals surface area contributed by atoms with Crippen molar-refractivity contribution in [1.82, 2.24) is 24.4 Å². The molecule has 3 heterocycles. The highest BCUT2D eigenvalue weighted by Crippen LogP contribution is 2.33. The number of nitrogens with one attached hydrogen (secondary N) is 2. The fraction of sp³-hybridized carbons (Fsp3) is 0.520. The first-order valence-electron chi connectivity index (χ1n) is 12.0. The molecule has 0 atom stereocenters. The first kappa shape index (κ1) is 26.3. The van der Waals surface area contributed by atoms with Crippen LogP contribution in [0.15, 0.2) is 24.4 Å². The molecule has 36 heavy (non-hydrogen) atoms. The smallest absolute Gasteiger partial charge is 0.410 e. The van der Waals surface area contributed by atoms with Gasteiger partial charge >= 0.3 is 6.09 Å². The molecule has 1 saturated heterocycles. The molecular weight excluding hydrogens is 501 g/mol. The molecule has 1 aliphatic rings. The lowest BCUT2D eigenvalue weighted by Crippen LogP contribution is -2.42. The van der Waals surface area contributed by atoms with E-state index >= 15 is 0 Å². The number of ether oxygens (including phenoxy) is 1. The lowest BCUT2D eigenvalue weighted by Gasteiger charge is -2.34. The molecule has 1 aromatic carbocycles. The molecule has 9 nitrogen and oxygen atoms in total. The van der Waals surface area contributed by atoms with Gasteiger partial charge in [-0.25, -0.2) is 14.8 Å². The van der Waals surface area contributed by atoms with Crippen LogP contribution in [0.1, 0.15) is 60.4 Å². The van der Waals surface area contributed by atoms with E-state index in [-0.39, 0.29) is 17.7 Å². The largest absolute Gasteiger partial charge is 0.444 e. The molecule has 0 spiro atoms. The molecule has 2 aromatic heterocycles. The predicted molar refractivity (Wildman–Crippen MR) is 145 cm³/mol. The summed E-state index contributed by atoms with van der Waals surface area (Å²) in [6, 6.07) is 5.32. The maximum Gasteiger partial charge on any atom is 0.410 e. The van der Waals surface area contributed by atoms with Crippen LogP contribution in [-0.4, -0.2) is 54.7 Å². The monoisotopic (exact) mass is 533 g/mol. The van der Waals surface area contributed by atoms with Crippen molar-refractivity contribution in [1.29, 1.82) is 0 Å². The molecule has 1 aliphatic heterocycles. The van der Waals surface area contributed by atoms with Crippen LogP contribution in [0.3, 0.4) is 0 Å². The topological polar surface area (TPSA) is 97.2 Å². The van der Waals surface area contributed by atoms with Gasteiger partial charge in [-0.2, -0.15) is 4.98 Å². The maximum absolute atomic E-state index is 12.6. The third-order valence-corrected chi connectivity index (χ3v) is 5.96. The maximum atomic E-state index is 12.6. The first-order valence-corrected chi connectivity index (χ1v) is 12.8. The zero-order chi connectivity index (χ0) is 26.3. The molecule has 0 unspecified atom stereocenters. The van der Waals surface area contributed by atoms with E-state index in [9.17, 15) is 4.79 Å². The molecule has 194 valence electrons. The molecule has 0 radical (unpaired) electrons. The SMILES string of the molecule is CC(C)(C)Nc1ncc2nc(Nc3cc(Cl)cc(Cl)c3)n(C3CCN(C(=O)OC(C)(C)C)CC3)c2n1. The Bertz CT molecular complexity index is 1240. The quantitative estimate of drug-likeness (QED) is 0.386. The van der Waals surface area contributed by atoms with Crippen molar-refractivity contribution in [3.8, 4) is 0 Å². The summed E-state index contributed by atoms with van der Waals surface area (Å²) in [4.78, 5) is 28.4. The van der Waals surface area contributed by atoms with Crippen molar-refractivity contribution in [2.75, 3.05) is 23.7 Å². The summed E-state index contributed by atoms with van der Waals surface area (Å²) in [5.74, 6) is 1.14. The van der Waals surface area contributed by atoms with Gasteiger partial charge in [0.2, 0.25) is 11.9 Å². The van der Waals surface area contributed by atoms with Crippen molar-refractivity contribution in [2.24, 2.45) is 0 Å². The first-order chi connectivity index (χ1) is 16.8. The molecule has 1 fully saturated rings. The number of amides is 1. The van der Waals surface area contributed by atoms with Crippen molar-refractivity contribution in [2.45, 2.75) is 71.6 Å². The van der Waals surface area contributed by atoms with Crippen molar-refractivity contribution in [3.63, 3.8) is 0 Å². The van der Waals surface area contributed by atoms with E-state index in [0.29, 0.717) is 46.2 Å². The number of carbonyl (C=O) groups excluding carboxylic acids is 1. The third-order valence-electron chi connectivity index (χ3n) is 5.52. The van der Waals surface area contributed by atoms with Gasteiger partial charge in [0.1, 0.15) is 11.1 Å². The van der Waals surface area contributed by atoms with E-state index in [1.807, 2.05) is 20.8 Å². The Hall–Kier alpha value is -2.78. The van der Waals surface area contributed by atoms with Crippen LogP contribution in [-0.2, 0) is 4.74 Å². The summed E-state index contributed by atoms with van der Waals surface area (Å²) in [7, 11) is 0. The van der Waals surface area contributed by atoms with Crippen LogP contribution < -0.4 is 10.6 Å². The highest BCUT2D eigenvalue weighted by atomic mass is 35.5. The molecule has 11 heteroatoms. The highest BCUT2D eigenvalue weighted by Gasteiger charge is 2.30. The Morgan fingerprint density at radius 1 is 1.03 bits per heavy atom. The standard InChI is InChI=1S/C25H33Cl2N7O2/c1-24(2,3)32-21-28-14-19-20(31-21)34(22(30-19)29-17-12-15(26)11-16(27)13-17)18-7-9-33(10-8-18)23(35)36-25(4,5)6/h11-14,18H,7-10H2,1-6H3,(H,29,30)(H,28,31,32). The number of aromatic nitrogens is 4. The van der Waals surface area contributed by atoms with E-state index < -0.39 is 5.60 Å². The van der Waals surface area contributed by atoms with Gasteiger partial charge in [-0.3, -0.25) is 4.57 Å². The molecule has 2 N–H and O–H groups in total. The van der Waals surface area contributed by atoms with Gasteiger partial charge < -0.3 is 20.3 Å². The van der Waals surface area contributed by atoms with Gasteiger partial charge in [0.25, 0.3) is 0 Å². The Morgan fingerprint density at radius 2 is 1.67 bits per heavy atom. The number of anilines is 3. The molecule has 4 rings (SSSR count). The number of likely N-dealkylation sites (tertiary alicyclic amines) is 1. The van der Waals surface area contributed by atoms with Crippen LogP contribution in [0.4, 0.5) is 22.4 Å². The van der Waals surface area contributed by atoms with Crippen LogP contribution in [0, 0.1) is 0 Å². The van der Waals surface area contributed by atoms with Crippen molar-refractivity contribution in [3.05, 3.63) is 34.4 Å². The van der Waals surface area contributed by atoms with Gasteiger partial charge in [0, 0.05) is 40.4 Å². The number of fused-ring (bicyclic) bond motifs is 1. The normalized spacial score (nSPS) is 15.3. The van der Waals surface area contributed by atoms with Crippen LogP contribution in [0.5, 0.6) is 0 Å². The average molecular weight is 534 g/mol. The summed E-state index contributed by atoms with van der Waals surface area (Å²) < 4.78 is 7.65. The van der Waals surface area contributed by atoms with E-state index in [1.165, 1.54) is 0 Å². The molecule has 1 amide bonds. The molecule has 0 saturated carbocycles. The minimum absolute atomic E-state index is 0.0585. The molecule has 0 aliphatic carbocycles. The molecular formula is C25H33Cl2N7O2. The Kier molecular flexibility index (Phi) is 7.26. The van der Waals surface area contributed by atoms with Gasteiger partial charge in [-0.05, 0) is 72.6 Å². The lowest BCUT2D eigenvalue weighted by molar-refractivity contribution is 0.0190. The number of imidazole rings is 1. The predicted octanol–water partition coefficient (Wildman–Crippen LogP) is 6.66. The second-order valence-electron chi connectivity index (χ2n) is 11.1. The van der Waals surface area contributed by atoms with Gasteiger partial charge in [0.05, 0.1) is 6.20 Å². The molecule has 0 bridgehead atoms. The number of halogens is 2. The minimum atomic E-state index is -0.531. The number of piperidine rings is 1. The number of benzene rings is 1. The summed E-state index contributed by atoms with van der Waals surface area (Å²) in [6.45, 7) is 12.9. The van der Waals surface area contributed by atoms with Crippen LogP contribution in [0.2, 0.25) is 10.0 Å². The fourth-order valence-electron chi connectivity index (χ4n) is 4.11. The van der Waals surface area contributed by atoms with Crippen molar-refractivity contribution < 1.29 is 9.53 Å². The van der Waals surface area contributed by atoms with Gasteiger partial charge in [-0.1, -0.05) is 23.2 Å². The highest BCUT2D eigenvalue weighted by molar-refractivity contribution is 6.35. The number of nitrogens with zero attached hydrogens (tertiary/aromatic N) is 5. The van der Waals surface area contributed by atoms with E-state index in [1.54, 1.807) is 29.3 Å². The van der Waals surface area contributed by atoms with Gasteiger partial charge in [-0.15, -0.1) is 0 Å². The average Bonchev–Trinajstić information content (AvgIpc) is 3.07. The zero-order valence-corrected chi connectivity index (χ0v) is 23.0. The summed E-state index contributed by atoms with van der Waals surface area (Å²) >= 11 is 12.5. The second kappa shape index (κ2) is 9.94. The summed E-state index contributed by atoms with van der Waals surface area (Å²) in [5.41, 5.74) is 1.37. The number of hydrogen-bond donors (Lipinski definition) is 2. The molecule has 3 aromatic rings. The second-order valence-corrected chi connectivity index (χ2v) is 11.9. The Labute approximate surface area is 221 Å². The van der Waals surface area contributed by atoms with Crippen LogP contribution >= 0.6 is 23.2 Å². The van der Waals surface area contributed by atoms with Crippen LogP contribution in [0.25, 0.3) is 11.2 Å². The number of rotatable bonds is 4. The number of carbonyl (C=O) groups is 1. The fourth-order valence-corrected chi connectivity index (χ4v) is 4.63. The van der Waals surface area contributed by atoms with E-state index in [4.69, 9.17) is 37.9 Å². The summed E-state index contributed by atoms with van der Waals surface area (Å²) in [6.07, 6.45) is 2.88. The van der Waals surface area contributed by atoms with Gasteiger partial charge in [0.15, 0.2) is 5.65 Å². The Balaban J connectivity index is 1.67. The zero-order valence-electron chi connectivity index (χ0n) is 21.5.